The summed E-state index contributed by atoms with van der Waals surface area (Å²) in [7, 11) is 4.19. The molecule has 7 aromatic rings. The van der Waals surface area contributed by atoms with Crippen LogP contribution in [0, 0.1) is 0 Å². The van der Waals surface area contributed by atoms with Crippen molar-refractivity contribution in [1.82, 2.24) is 19.0 Å². The van der Waals surface area contributed by atoms with Gasteiger partial charge in [-0.1, -0.05) is 42.5 Å². The summed E-state index contributed by atoms with van der Waals surface area (Å²) >= 11 is 0. The van der Waals surface area contributed by atoms with Gasteiger partial charge in [0, 0.05) is 83.6 Å². The molecule has 4 aromatic carbocycles. The fourth-order valence-corrected chi connectivity index (χ4v) is 5.98. The number of nitrogens with zero attached hydrogens (tertiary/aromatic N) is 5. The summed E-state index contributed by atoms with van der Waals surface area (Å²) in [6, 6.07) is 33.7. The van der Waals surface area contributed by atoms with Gasteiger partial charge in [-0.05, 0) is 36.4 Å². The second kappa shape index (κ2) is 8.64. The van der Waals surface area contributed by atoms with Crippen LogP contribution in [0.1, 0.15) is 0 Å². The van der Waals surface area contributed by atoms with Gasteiger partial charge >= 0.3 is 0 Å². The number of ether oxygens (including phenoxy) is 1. The first-order valence-electron chi connectivity index (χ1n) is 13.4. The van der Waals surface area contributed by atoms with E-state index in [2.05, 4.69) is 130 Å². The first-order valence-corrected chi connectivity index (χ1v) is 13.4. The fourth-order valence-electron chi connectivity index (χ4n) is 5.98. The third-order valence-electron chi connectivity index (χ3n) is 7.92. The number of benzene rings is 4. The van der Waals surface area contributed by atoms with Crippen LogP contribution >= 0.6 is 0 Å². The zero-order valence-corrected chi connectivity index (χ0v) is 22.3. The number of pyridine rings is 1. The van der Waals surface area contributed by atoms with E-state index in [4.69, 9.17) is 9.72 Å². The van der Waals surface area contributed by atoms with Gasteiger partial charge in [-0.3, -0.25) is 4.57 Å². The van der Waals surface area contributed by atoms with E-state index in [0.29, 0.717) is 0 Å². The molecule has 8 rings (SSSR count). The van der Waals surface area contributed by atoms with Crippen molar-refractivity contribution in [3.63, 3.8) is 0 Å². The molecule has 40 heavy (non-hydrogen) atoms. The lowest BCUT2D eigenvalue weighted by atomic mass is 10.1. The molecule has 6 nitrogen and oxygen atoms in total. The number of aryl methyl sites for hydroxylation is 1. The van der Waals surface area contributed by atoms with Gasteiger partial charge in [-0.2, -0.15) is 0 Å². The highest BCUT2D eigenvalue weighted by molar-refractivity contribution is 6.11. The van der Waals surface area contributed by atoms with Crippen LogP contribution in [0.25, 0.3) is 49.4 Å². The van der Waals surface area contributed by atoms with Crippen LogP contribution in [0.15, 0.2) is 116 Å². The monoisotopic (exact) mass is 521 g/mol. The van der Waals surface area contributed by atoms with Crippen LogP contribution in [0.2, 0.25) is 0 Å². The van der Waals surface area contributed by atoms with Gasteiger partial charge < -0.3 is 19.1 Å². The standard InChI is InChI=1S/C34H27N5O/c1-36-16-17-38(22-36)23-8-7-9-24(18-23)40-25-14-15-28-26-10-4-6-13-31(26)39(33(28)19-25)34-20-32-29(21-35-34)27-11-3-5-12-30(27)37(32)2/h3-21H,22H2,1-2H3. The van der Waals surface area contributed by atoms with Crippen molar-refractivity contribution >= 4 is 49.3 Å². The largest absolute Gasteiger partial charge is 0.457 e. The number of hydrogen-bond acceptors (Lipinski definition) is 4. The highest BCUT2D eigenvalue weighted by atomic mass is 16.5. The highest BCUT2D eigenvalue weighted by Crippen LogP contribution is 2.37. The van der Waals surface area contributed by atoms with Gasteiger partial charge in [-0.25, -0.2) is 4.98 Å². The number of rotatable bonds is 4. The SMILES string of the molecule is CN1C=CN(c2cccc(Oc3ccc4c5ccccc5n(-c5cc6c(cn5)c5ccccc5n6C)c4c3)c2)C1. The molecule has 194 valence electrons. The van der Waals surface area contributed by atoms with E-state index < -0.39 is 0 Å². The second-order valence-electron chi connectivity index (χ2n) is 10.4. The lowest BCUT2D eigenvalue weighted by Crippen LogP contribution is -2.21. The lowest BCUT2D eigenvalue weighted by Gasteiger charge is -2.19. The Kier molecular flexibility index (Phi) is 4.91. The number of aromatic nitrogens is 3. The number of para-hydroxylation sites is 2. The molecule has 0 saturated heterocycles. The zero-order valence-electron chi connectivity index (χ0n) is 22.3. The molecular weight excluding hydrogens is 494 g/mol. The van der Waals surface area contributed by atoms with Crippen molar-refractivity contribution in [2.24, 2.45) is 7.05 Å². The Morgan fingerprint density at radius 3 is 2.20 bits per heavy atom. The van der Waals surface area contributed by atoms with E-state index in [1.54, 1.807) is 0 Å². The van der Waals surface area contributed by atoms with Gasteiger partial charge in [0.15, 0.2) is 0 Å². The van der Waals surface area contributed by atoms with Gasteiger partial charge in [0.2, 0.25) is 0 Å². The minimum atomic E-state index is 0.786. The van der Waals surface area contributed by atoms with Gasteiger partial charge in [-0.15, -0.1) is 0 Å². The zero-order chi connectivity index (χ0) is 26.8. The molecule has 0 amide bonds. The predicted octanol–water partition coefficient (Wildman–Crippen LogP) is 7.80. The second-order valence-corrected chi connectivity index (χ2v) is 10.4. The Balaban J connectivity index is 1.26. The van der Waals surface area contributed by atoms with Crippen LogP contribution in [0.4, 0.5) is 5.69 Å². The Morgan fingerprint density at radius 2 is 1.38 bits per heavy atom. The van der Waals surface area contributed by atoms with Crippen LogP contribution in [0.3, 0.4) is 0 Å². The van der Waals surface area contributed by atoms with E-state index >= 15 is 0 Å². The summed E-state index contributed by atoms with van der Waals surface area (Å²) in [5, 5.41) is 4.73. The van der Waals surface area contributed by atoms with Crippen LogP contribution in [-0.4, -0.2) is 32.7 Å². The Morgan fingerprint density at radius 1 is 0.625 bits per heavy atom. The van der Waals surface area contributed by atoms with Gasteiger partial charge in [0.05, 0.1) is 23.2 Å². The van der Waals surface area contributed by atoms with E-state index in [9.17, 15) is 0 Å². The summed E-state index contributed by atoms with van der Waals surface area (Å²) in [6.07, 6.45) is 6.16. The molecule has 0 radical (unpaired) electrons. The first kappa shape index (κ1) is 22.7. The minimum Gasteiger partial charge on any atom is -0.457 e. The summed E-state index contributed by atoms with van der Waals surface area (Å²) in [4.78, 5) is 9.32. The molecule has 1 aliphatic heterocycles. The molecule has 0 aliphatic carbocycles. The smallest absolute Gasteiger partial charge is 0.139 e. The number of hydrogen-bond donors (Lipinski definition) is 0. The molecule has 3 aromatic heterocycles. The Bertz CT molecular complexity index is 2120. The van der Waals surface area contributed by atoms with Crippen molar-refractivity contribution in [1.29, 1.82) is 0 Å². The molecule has 0 spiro atoms. The molecule has 0 N–H and O–H groups in total. The average Bonchev–Trinajstić information content (AvgIpc) is 3.65. The molecule has 0 fully saturated rings. The van der Waals surface area contributed by atoms with Crippen LogP contribution in [0.5, 0.6) is 11.5 Å². The van der Waals surface area contributed by atoms with E-state index in [-0.39, 0.29) is 0 Å². The average molecular weight is 522 g/mol. The molecule has 0 bridgehead atoms. The molecule has 6 heteroatoms. The maximum atomic E-state index is 6.43. The van der Waals surface area contributed by atoms with Crippen molar-refractivity contribution in [3.05, 3.63) is 116 Å². The fraction of sp³-hybridized carbons (Fsp3) is 0.0882. The van der Waals surface area contributed by atoms with Crippen molar-refractivity contribution < 1.29 is 4.74 Å². The predicted molar refractivity (Wildman–Crippen MR) is 163 cm³/mol. The van der Waals surface area contributed by atoms with Crippen molar-refractivity contribution in [3.8, 4) is 17.3 Å². The summed E-state index contributed by atoms with van der Waals surface area (Å²) in [5.74, 6) is 2.47. The molecule has 1 aliphatic rings. The topological polar surface area (TPSA) is 38.5 Å². The third-order valence-corrected chi connectivity index (χ3v) is 7.92. The number of fused-ring (bicyclic) bond motifs is 6. The molecule has 0 saturated carbocycles. The van der Waals surface area contributed by atoms with Crippen molar-refractivity contribution in [2.75, 3.05) is 18.6 Å². The first-order chi connectivity index (χ1) is 19.6. The van der Waals surface area contributed by atoms with E-state index in [1.165, 1.54) is 21.7 Å². The third kappa shape index (κ3) is 3.46. The van der Waals surface area contributed by atoms with Crippen molar-refractivity contribution in [2.45, 2.75) is 0 Å². The van der Waals surface area contributed by atoms with Crippen LogP contribution in [-0.2, 0) is 7.05 Å². The lowest BCUT2D eigenvalue weighted by molar-refractivity contribution is 0.481. The molecular formula is C34H27N5O. The summed E-state index contributed by atoms with van der Waals surface area (Å²) in [6.45, 7) is 0.823. The minimum absolute atomic E-state index is 0.786. The normalized spacial score (nSPS) is 13.4. The number of anilines is 1. The quantitative estimate of drug-likeness (QED) is 0.237. The van der Waals surface area contributed by atoms with Gasteiger partial charge in [0.1, 0.15) is 17.3 Å². The van der Waals surface area contributed by atoms with E-state index in [1.807, 2.05) is 18.3 Å². The molecule has 4 heterocycles. The van der Waals surface area contributed by atoms with Crippen LogP contribution < -0.4 is 9.64 Å². The van der Waals surface area contributed by atoms with Gasteiger partial charge in [0.25, 0.3) is 0 Å². The summed E-state index contributed by atoms with van der Waals surface area (Å²) < 4.78 is 10.9. The summed E-state index contributed by atoms with van der Waals surface area (Å²) in [5.41, 5.74) is 5.63. The maximum absolute atomic E-state index is 6.43. The molecule has 0 unspecified atom stereocenters. The Hall–Kier alpha value is -5.23. The van der Waals surface area contributed by atoms with E-state index in [0.717, 1.165) is 51.6 Å². The maximum Gasteiger partial charge on any atom is 0.139 e. The highest BCUT2D eigenvalue weighted by Gasteiger charge is 2.17. The molecule has 0 atom stereocenters. The Labute approximate surface area is 231 Å².